The number of aromatic nitrogens is 1. The fourth-order valence-corrected chi connectivity index (χ4v) is 2.76. The van der Waals surface area contributed by atoms with Crippen LogP contribution in [0.4, 0.5) is 0 Å². The van der Waals surface area contributed by atoms with Crippen LogP contribution in [0.2, 0.25) is 5.02 Å². The second-order valence-corrected chi connectivity index (χ2v) is 6.47. The Morgan fingerprint density at radius 1 is 1.42 bits per heavy atom. The Labute approximate surface area is 124 Å². The van der Waals surface area contributed by atoms with Gasteiger partial charge in [0.05, 0.1) is 16.1 Å². The fraction of sp³-hybridized carbons (Fsp3) is 0.308. The molecule has 0 saturated carbocycles. The molecule has 102 valence electrons. The zero-order chi connectivity index (χ0) is 14.4. The Hall–Kier alpha value is -1.20. The molecule has 2 N–H and O–H groups in total. The van der Waals surface area contributed by atoms with Gasteiger partial charge in [0, 0.05) is 16.1 Å². The van der Waals surface area contributed by atoms with E-state index < -0.39 is 11.6 Å². The van der Waals surface area contributed by atoms with Gasteiger partial charge in [-0.15, -0.1) is 0 Å². The van der Waals surface area contributed by atoms with Crippen molar-refractivity contribution in [2.24, 2.45) is 0 Å². The van der Waals surface area contributed by atoms with Gasteiger partial charge in [-0.1, -0.05) is 27.5 Å². The summed E-state index contributed by atoms with van der Waals surface area (Å²) in [5.41, 5.74) is 0.378. The number of halogens is 2. The number of esters is 1. The van der Waals surface area contributed by atoms with Crippen molar-refractivity contribution in [3.8, 4) is 0 Å². The fourth-order valence-electron chi connectivity index (χ4n) is 1.81. The van der Waals surface area contributed by atoms with Gasteiger partial charge in [0.2, 0.25) is 0 Å². The Bertz CT molecular complexity index is 659. The first-order valence-corrected chi connectivity index (χ1v) is 6.85. The molecule has 0 bridgehead atoms. The molecule has 0 aliphatic carbocycles. The largest absolute Gasteiger partial charge is 0.456 e. The summed E-state index contributed by atoms with van der Waals surface area (Å²) in [5.74, 6) is 5.43. The standard InChI is InChI=1S/C13H14BrClN2O2/c1-13(2,3)19-12(18)7-4-5-8(14)10-9(15)6-17(16)11(7)10/h4-6H,16H2,1-3H3. The van der Waals surface area contributed by atoms with Gasteiger partial charge in [-0.3, -0.25) is 4.68 Å². The minimum absolute atomic E-state index is 0.391. The smallest absolute Gasteiger partial charge is 0.340 e. The maximum absolute atomic E-state index is 12.2. The number of rotatable bonds is 1. The van der Waals surface area contributed by atoms with E-state index in [0.29, 0.717) is 21.5 Å². The number of fused-ring (bicyclic) bond motifs is 1. The van der Waals surface area contributed by atoms with Crippen molar-refractivity contribution < 1.29 is 9.53 Å². The maximum Gasteiger partial charge on any atom is 0.340 e. The average Bonchev–Trinajstić information content (AvgIpc) is 2.53. The zero-order valence-electron chi connectivity index (χ0n) is 10.8. The minimum atomic E-state index is -0.563. The number of carbonyl (C=O) groups is 1. The third-order valence-corrected chi connectivity index (χ3v) is 3.44. The van der Waals surface area contributed by atoms with Crippen LogP contribution in [0.3, 0.4) is 0 Å². The predicted octanol–water partition coefficient (Wildman–Crippen LogP) is 3.73. The van der Waals surface area contributed by atoms with Crippen molar-refractivity contribution in [2.75, 3.05) is 5.84 Å². The molecule has 0 unspecified atom stereocenters. The molecule has 0 amide bonds. The van der Waals surface area contributed by atoms with Gasteiger partial charge in [0.25, 0.3) is 0 Å². The van der Waals surface area contributed by atoms with Gasteiger partial charge in [-0.05, 0) is 32.9 Å². The van der Waals surface area contributed by atoms with Gasteiger partial charge in [-0.25, -0.2) is 4.79 Å². The number of carbonyl (C=O) groups excluding carboxylic acids is 1. The monoisotopic (exact) mass is 344 g/mol. The second-order valence-electron chi connectivity index (χ2n) is 5.20. The van der Waals surface area contributed by atoms with Crippen molar-refractivity contribution in [3.05, 3.63) is 33.4 Å². The van der Waals surface area contributed by atoms with Gasteiger partial charge in [0.1, 0.15) is 5.60 Å². The molecule has 0 saturated heterocycles. The molecule has 2 aromatic rings. The molecule has 0 spiro atoms. The van der Waals surface area contributed by atoms with Crippen LogP contribution >= 0.6 is 27.5 Å². The van der Waals surface area contributed by atoms with Gasteiger partial charge >= 0.3 is 5.97 Å². The van der Waals surface area contributed by atoms with E-state index in [2.05, 4.69) is 15.9 Å². The van der Waals surface area contributed by atoms with Gasteiger partial charge in [-0.2, -0.15) is 0 Å². The lowest BCUT2D eigenvalue weighted by Crippen LogP contribution is -2.24. The molecule has 0 atom stereocenters. The first-order valence-electron chi connectivity index (χ1n) is 5.68. The lowest BCUT2D eigenvalue weighted by atomic mass is 10.1. The molecule has 0 aliphatic heterocycles. The van der Waals surface area contributed by atoms with Crippen molar-refractivity contribution in [1.29, 1.82) is 0 Å². The molecule has 6 heteroatoms. The topological polar surface area (TPSA) is 57.2 Å². The summed E-state index contributed by atoms with van der Waals surface area (Å²) in [5, 5.41) is 1.18. The number of nitrogens with zero attached hydrogens (tertiary/aromatic N) is 1. The average molecular weight is 346 g/mol. The normalized spacial score (nSPS) is 11.8. The van der Waals surface area contributed by atoms with Gasteiger partial charge in [0.15, 0.2) is 0 Å². The summed E-state index contributed by atoms with van der Waals surface area (Å²) < 4.78 is 7.49. The van der Waals surface area contributed by atoms with E-state index >= 15 is 0 Å². The quantitative estimate of drug-likeness (QED) is 0.633. The van der Waals surface area contributed by atoms with Crippen LogP contribution in [0.15, 0.2) is 22.8 Å². The van der Waals surface area contributed by atoms with E-state index in [1.165, 1.54) is 4.68 Å². The second kappa shape index (κ2) is 4.72. The molecule has 0 aliphatic rings. The predicted molar refractivity (Wildman–Crippen MR) is 80.0 cm³/mol. The van der Waals surface area contributed by atoms with E-state index in [0.717, 1.165) is 4.47 Å². The molecule has 0 fully saturated rings. The number of benzene rings is 1. The SMILES string of the molecule is CC(C)(C)OC(=O)c1ccc(Br)c2c(Cl)cn(N)c12. The van der Waals surface area contributed by atoms with Crippen molar-refractivity contribution >= 4 is 44.4 Å². The first-order chi connectivity index (χ1) is 8.70. The van der Waals surface area contributed by atoms with E-state index in [4.69, 9.17) is 22.2 Å². The highest BCUT2D eigenvalue weighted by Gasteiger charge is 2.23. The third-order valence-electron chi connectivity index (χ3n) is 2.50. The highest BCUT2D eigenvalue weighted by atomic mass is 79.9. The molecule has 4 nitrogen and oxygen atoms in total. The third kappa shape index (κ3) is 2.72. The summed E-state index contributed by atoms with van der Waals surface area (Å²) in [7, 11) is 0. The van der Waals surface area contributed by atoms with E-state index in [1.54, 1.807) is 18.3 Å². The summed E-state index contributed by atoms with van der Waals surface area (Å²) in [6.07, 6.45) is 1.56. The Morgan fingerprint density at radius 2 is 2.05 bits per heavy atom. The lowest BCUT2D eigenvalue weighted by molar-refractivity contribution is 0.00715. The molecule has 1 aromatic carbocycles. The molecular formula is C13H14BrClN2O2. The van der Waals surface area contributed by atoms with Crippen LogP contribution in [0, 0.1) is 0 Å². The molecule has 2 rings (SSSR count). The highest BCUT2D eigenvalue weighted by Crippen LogP contribution is 2.34. The van der Waals surface area contributed by atoms with Crippen LogP contribution in [0.25, 0.3) is 10.9 Å². The van der Waals surface area contributed by atoms with Crippen molar-refractivity contribution in [3.63, 3.8) is 0 Å². The molecule has 1 aromatic heterocycles. The molecule has 1 heterocycles. The Morgan fingerprint density at radius 3 is 2.63 bits per heavy atom. The van der Waals surface area contributed by atoms with E-state index in [1.807, 2.05) is 20.8 Å². The maximum atomic E-state index is 12.2. The lowest BCUT2D eigenvalue weighted by Gasteiger charge is -2.20. The van der Waals surface area contributed by atoms with Crippen molar-refractivity contribution in [2.45, 2.75) is 26.4 Å². The molecular weight excluding hydrogens is 332 g/mol. The number of ether oxygens (including phenoxy) is 1. The summed E-state index contributed by atoms with van der Waals surface area (Å²) in [6, 6.07) is 3.42. The number of nitrogens with two attached hydrogens (primary N) is 1. The number of nitrogen functional groups attached to an aromatic ring is 1. The molecule has 0 radical (unpaired) electrons. The number of hydrogen-bond donors (Lipinski definition) is 1. The first kappa shape index (κ1) is 14.2. The highest BCUT2D eigenvalue weighted by molar-refractivity contribution is 9.10. The Balaban J connectivity index is 2.62. The Kier molecular flexibility index (Phi) is 3.53. The van der Waals surface area contributed by atoms with Crippen LogP contribution < -0.4 is 5.84 Å². The van der Waals surface area contributed by atoms with Crippen molar-refractivity contribution in [1.82, 2.24) is 4.68 Å². The summed E-state index contributed by atoms with van der Waals surface area (Å²) >= 11 is 9.51. The molecule has 19 heavy (non-hydrogen) atoms. The summed E-state index contributed by atoms with van der Waals surface area (Å²) in [4.78, 5) is 12.2. The summed E-state index contributed by atoms with van der Waals surface area (Å²) in [6.45, 7) is 5.44. The van der Waals surface area contributed by atoms with Crippen LogP contribution in [0.1, 0.15) is 31.1 Å². The van der Waals surface area contributed by atoms with Gasteiger partial charge < -0.3 is 10.6 Å². The van der Waals surface area contributed by atoms with Crippen LogP contribution in [-0.2, 0) is 4.74 Å². The van der Waals surface area contributed by atoms with E-state index in [9.17, 15) is 4.79 Å². The van der Waals surface area contributed by atoms with E-state index in [-0.39, 0.29) is 0 Å². The number of hydrogen-bond acceptors (Lipinski definition) is 3. The van der Waals surface area contributed by atoms with Crippen LogP contribution in [0.5, 0.6) is 0 Å². The van der Waals surface area contributed by atoms with Crippen LogP contribution in [-0.4, -0.2) is 16.2 Å². The zero-order valence-corrected chi connectivity index (χ0v) is 13.2. The minimum Gasteiger partial charge on any atom is -0.456 e.